The van der Waals surface area contributed by atoms with Gasteiger partial charge < -0.3 is 15.3 Å². The number of rotatable bonds is 7. The minimum atomic E-state index is -0.833. The van der Waals surface area contributed by atoms with Crippen LogP contribution in [0.3, 0.4) is 0 Å². The number of carboxylic acid groups (broad SMARTS) is 1. The van der Waals surface area contributed by atoms with Crippen LogP contribution in [0, 0.1) is 0 Å². The minimum absolute atomic E-state index is 0. The molecule has 0 aliphatic carbocycles. The summed E-state index contributed by atoms with van der Waals surface area (Å²) < 4.78 is 0. The van der Waals surface area contributed by atoms with E-state index in [2.05, 4.69) is 30.3 Å². The van der Waals surface area contributed by atoms with E-state index in [1.807, 2.05) is 72.8 Å². The van der Waals surface area contributed by atoms with Crippen molar-refractivity contribution in [1.82, 2.24) is 0 Å². The van der Waals surface area contributed by atoms with Crippen molar-refractivity contribution in [2.24, 2.45) is 9.98 Å². The number of aliphatic imine (C=N–C) groups is 2. The van der Waals surface area contributed by atoms with Gasteiger partial charge in [0.25, 0.3) is 5.97 Å². The number of hydrogen-bond donors (Lipinski definition) is 3. The molecular formula is C37H32CoN2O4. The molecule has 0 saturated carbocycles. The van der Waals surface area contributed by atoms with Gasteiger partial charge in [0.15, 0.2) is 0 Å². The van der Waals surface area contributed by atoms with Gasteiger partial charge in [-0.1, -0.05) is 103 Å². The van der Waals surface area contributed by atoms with Crippen LogP contribution in [0.25, 0.3) is 32.3 Å². The van der Waals surface area contributed by atoms with E-state index in [9.17, 15) is 10.2 Å². The van der Waals surface area contributed by atoms with Gasteiger partial charge in [0.2, 0.25) is 0 Å². The first kappa shape index (κ1) is 31.9. The average molecular weight is 628 g/mol. The Balaban J connectivity index is 0.000000834. The van der Waals surface area contributed by atoms with Crippen molar-refractivity contribution < 1.29 is 36.9 Å². The van der Waals surface area contributed by atoms with Crippen LogP contribution < -0.4 is 0 Å². The first-order valence-electron chi connectivity index (χ1n) is 14.0. The summed E-state index contributed by atoms with van der Waals surface area (Å²) in [5, 5.41) is 35.0. The van der Waals surface area contributed by atoms with E-state index in [0.717, 1.165) is 28.5 Å². The molecule has 6 nitrogen and oxygen atoms in total. The largest absolute Gasteiger partial charge is 0.507 e. The van der Waals surface area contributed by atoms with E-state index in [4.69, 9.17) is 19.9 Å². The summed E-state index contributed by atoms with van der Waals surface area (Å²) in [6.07, 6.45) is 4.20. The minimum Gasteiger partial charge on any atom is -0.507 e. The van der Waals surface area contributed by atoms with Crippen LogP contribution in [0.1, 0.15) is 23.6 Å². The van der Waals surface area contributed by atoms with Gasteiger partial charge in [0.05, 0.1) is 12.6 Å². The van der Waals surface area contributed by atoms with Crippen LogP contribution in [0.5, 0.6) is 11.5 Å². The molecule has 0 aliphatic heterocycles. The Morgan fingerprint density at radius 2 is 1.16 bits per heavy atom. The Hall–Kier alpha value is -4.98. The summed E-state index contributed by atoms with van der Waals surface area (Å²) in [6, 6.07) is 37.8. The molecule has 0 fully saturated rings. The molecule has 1 unspecified atom stereocenters. The van der Waals surface area contributed by atoms with Crippen molar-refractivity contribution >= 4 is 50.7 Å². The normalized spacial score (nSPS) is 11.8. The van der Waals surface area contributed by atoms with E-state index in [-0.39, 0.29) is 34.3 Å². The number of aromatic hydroxyl groups is 2. The summed E-state index contributed by atoms with van der Waals surface area (Å²) in [6.45, 7) is 1.51. The second-order valence-electron chi connectivity index (χ2n) is 10.3. The second kappa shape index (κ2) is 15.0. The fraction of sp³-hybridized carbons (Fsp3) is 0.108. The zero-order valence-electron chi connectivity index (χ0n) is 24.1. The van der Waals surface area contributed by atoms with Crippen LogP contribution in [0.15, 0.2) is 125 Å². The Morgan fingerprint density at radius 3 is 1.75 bits per heavy atom. The first-order valence-corrected chi connectivity index (χ1v) is 14.0. The maximum Gasteiger partial charge on any atom is 0.300 e. The van der Waals surface area contributed by atoms with E-state index < -0.39 is 5.97 Å². The van der Waals surface area contributed by atoms with Gasteiger partial charge in [0, 0.05) is 47.3 Å². The molecule has 3 N–H and O–H groups in total. The van der Waals surface area contributed by atoms with Crippen LogP contribution >= 0.6 is 0 Å². The average Bonchev–Trinajstić information content (AvgIpc) is 3.01. The molecule has 0 saturated heterocycles. The zero-order valence-corrected chi connectivity index (χ0v) is 25.1. The molecule has 0 aromatic heterocycles. The molecule has 1 atom stereocenters. The standard InChI is InChI=1S/C35H28N2O2.C2H4O2.Co/c38-34-17-15-26-8-3-5-11-30(26)32(34)22-36-21-29(20-24-13-14-25-7-1-2-10-28(25)19-24)37-23-33-31-12-6-4-9-27(31)16-18-35(33)39;1-2(3)4;/h1-19,22-23,29,38-39H,20-21H2;1H3,(H,3,4);. The molecule has 0 spiro atoms. The third kappa shape index (κ3) is 7.89. The zero-order chi connectivity index (χ0) is 30.2. The van der Waals surface area contributed by atoms with Crippen molar-refractivity contribution in [3.63, 3.8) is 0 Å². The Morgan fingerprint density at radius 1 is 0.682 bits per heavy atom. The number of fused-ring (bicyclic) bond motifs is 3. The summed E-state index contributed by atoms with van der Waals surface area (Å²) in [5.41, 5.74) is 2.57. The summed E-state index contributed by atoms with van der Waals surface area (Å²) >= 11 is 0. The number of aliphatic carboxylic acids is 1. The molecule has 6 rings (SSSR count). The number of phenolic OH excluding ortho intramolecular Hbond substituents is 2. The van der Waals surface area contributed by atoms with Crippen LogP contribution in [0.2, 0.25) is 0 Å². The summed E-state index contributed by atoms with van der Waals surface area (Å²) in [4.78, 5) is 18.7. The maximum atomic E-state index is 10.6. The molecule has 7 heteroatoms. The van der Waals surface area contributed by atoms with Crippen molar-refractivity contribution in [1.29, 1.82) is 0 Å². The quantitative estimate of drug-likeness (QED) is 0.157. The van der Waals surface area contributed by atoms with Crippen molar-refractivity contribution in [3.05, 3.63) is 132 Å². The number of carbonyl (C=O) groups is 1. The Bertz CT molecular complexity index is 1970. The Labute approximate surface area is 266 Å². The number of benzene rings is 6. The molecule has 6 aromatic carbocycles. The van der Waals surface area contributed by atoms with E-state index in [1.54, 1.807) is 24.6 Å². The summed E-state index contributed by atoms with van der Waals surface area (Å²) in [5.74, 6) is -0.432. The van der Waals surface area contributed by atoms with Gasteiger partial charge in [-0.25, -0.2) is 0 Å². The van der Waals surface area contributed by atoms with Crippen LogP contribution in [0.4, 0.5) is 0 Å². The van der Waals surface area contributed by atoms with Crippen molar-refractivity contribution in [2.45, 2.75) is 19.4 Å². The molecule has 0 bridgehead atoms. The maximum absolute atomic E-state index is 10.6. The van der Waals surface area contributed by atoms with Gasteiger partial charge in [-0.05, 0) is 56.4 Å². The number of nitrogens with zero attached hydrogens (tertiary/aromatic N) is 2. The molecule has 6 aromatic rings. The molecule has 0 heterocycles. The predicted molar refractivity (Wildman–Crippen MR) is 176 cm³/mol. The van der Waals surface area contributed by atoms with E-state index in [0.29, 0.717) is 24.1 Å². The van der Waals surface area contributed by atoms with Crippen LogP contribution in [-0.2, 0) is 28.0 Å². The summed E-state index contributed by atoms with van der Waals surface area (Å²) in [7, 11) is 0. The predicted octanol–water partition coefficient (Wildman–Crippen LogP) is 7.80. The van der Waals surface area contributed by atoms with Gasteiger partial charge in [-0.3, -0.25) is 14.8 Å². The van der Waals surface area contributed by atoms with Crippen molar-refractivity contribution in [2.75, 3.05) is 6.54 Å². The van der Waals surface area contributed by atoms with Gasteiger partial charge in [-0.15, -0.1) is 0 Å². The third-order valence-electron chi connectivity index (χ3n) is 7.13. The fourth-order valence-electron chi connectivity index (χ4n) is 5.09. The molecular weight excluding hydrogens is 595 g/mol. The third-order valence-corrected chi connectivity index (χ3v) is 7.13. The fourth-order valence-corrected chi connectivity index (χ4v) is 5.09. The Kier molecular flexibility index (Phi) is 10.9. The van der Waals surface area contributed by atoms with Gasteiger partial charge in [0.1, 0.15) is 11.5 Å². The first-order chi connectivity index (χ1) is 20.9. The van der Waals surface area contributed by atoms with Crippen LogP contribution in [-0.4, -0.2) is 46.3 Å². The SMILES string of the molecule is CC(=O)O.Oc1ccc2ccccc2c1C=NCC(Cc1ccc2ccccc2c1)N=Cc1c(O)ccc2ccccc12.[Co]. The smallest absolute Gasteiger partial charge is 0.300 e. The van der Waals surface area contributed by atoms with Crippen molar-refractivity contribution in [3.8, 4) is 11.5 Å². The molecule has 1 radical (unpaired) electrons. The number of hydrogen-bond acceptors (Lipinski definition) is 5. The van der Waals surface area contributed by atoms with E-state index >= 15 is 0 Å². The molecule has 223 valence electrons. The second-order valence-corrected chi connectivity index (χ2v) is 10.3. The van der Waals surface area contributed by atoms with E-state index in [1.165, 1.54) is 16.3 Å². The topological polar surface area (TPSA) is 102 Å². The molecule has 0 aliphatic rings. The number of phenols is 2. The monoisotopic (exact) mass is 627 g/mol. The van der Waals surface area contributed by atoms with Gasteiger partial charge in [-0.2, -0.15) is 0 Å². The van der Waals surface area contributed by atoms with Gasteiger partial charge >= 0.3 is 0 Å². The molecule has 0 amide bonds. The molecule has 44 heavy (non-hydrogen) atoms. The number of carboxylic acids is 1.